The number of carbonyl (C=O) groups excluding carboxylic acids is 2. The highest BCUT2D eigenvalue weighted by molar-refractivity contribution is 7.90. The number of sulfonamides is 1. The molecular formula is C25H30N4O5S. The van der Waals surface area contributed by atoms with E-state index in [1.807, 2.05) is 13.8 Å². The molecule has 2 aliphatic heterocycles. The minimum atomic E-state index is -3.71. The number of methoxy groups -OCH3 is 1. The SMILES string of the molecule is CC[C@H](C)[C@H](N=C1NS(=O)(=O)c2ccccc21)C(=O)Nc1ccc(OC)c(N2CCCCC2=O)c1. The third-order valence-electron chi connectivity index (χ3n) is 6.44. The molecule has 2 atom stereocenters. The Labute approximate surface area is 205 Å². The average molecular weight is 499 g/mol. The summed E-state index contributed by atoms with van der Waals surface area (Å²) in [6, 6.07) is 10.9. The molecule has 2 amide bonds. The largest absolute Gasteiger partial charge is 0.495 e. The molecule has 0 spiro atoms. The Morgan fingerprint density at radius 3 is 2.71 bits per heavy atom. The van der Waals surface area contributed by atoms with E-state index in [0.29, 0.717) is 42.1 Å². The van der Waals surface area contributed by atoms with Crippen molar-refractivity contribution in [3.8, 4) is 5.75 Å². The van der Waals surface area contributed by atoms with Gasteiger partial charge in [0.05, 0.1) is 17.7 Å². The van der Waals surface area contributed by atoms with E-state index in [9.17, 15) is 18.0 Å². The van der Waals surface area contributed by atoms with Gasteiger partial charge in [0.25, 0.3) is 10.0 Å². The summed E-state index contributed by atoms with van der Waals surface area (Å²) in [5.74, 6) is 0.219. The van der Waals surface area contributed by atoms with Gasteiger partial charge in [-0.3, -0.25) is 19.3 Å². The maximum absolute atomic E-state index is 13.4. The first kappa shape index (κ1) is 24.7. The minimum absolute atomic E-state index is 0.0223. The molecule has 2 aromatic carbocycles. The molecule has 2 aromatic rings. The standard InChI is InChI=1S/C25H30N4O5S/c1-4-16(2)23(27-24-18-9-5-6-10-21(18)35(32,33)28-24)25(31)26-17-12-13-20(34-3)19(15-17)29-14-8-7-11-22(29)30/h5-6,9-10,12-13,15-16,23H,4,7-8,11,14H2,1-3H3,(H,26,31)(H,27,28)/t16-,23-/m0/s1. The van der Waals surface area contributed by atoms with E-state index in [-0.39, 0.29) is 28.5 Å². The second-order valence-electron chi connectivity index (χ2n) is 8.79. The molecule has 0 aliphatic carbocycles. The number of piperidine rings is 1. The van der Waals surface area contributed by atoms with Gasteiger partial charge in [-0.2, -0.15) is 0 Å². The van der Waals surface area contributed by atoms with Crippen LogP contribution in [0.1, 0.15) is 45.1 Å². The van der Waals surface area contributed by atoms with E-state index in [1.54, 1.807) is 48.4 Å². The van der Waals surface area contributed by atoms with Gasteiger partial charge in [0.15, 0.2) is 0 Å². The number of amidine groups is 1. The minimum Gasteiger partial charge on any atom is -0.495 e. The van der Waals surface area contributed by atoms with Crippen molar-refractivity contribution < 1.29 is 22.7 Å². The van der Waals surface area contributed by atoms with Crippen LogP contribution in [-0.4, -0.2) is 45.8 Å². The Kier molecular flexibility index (Phi) is 7.11. The molecule has 0 radical (unpaired) electrons. The number of nitrogens with zero attached hydrogens (tertiary/aromatic N) is 2. The van der Waals surface area contributed by atoms with Crippen LogP contribution < -0.4 is 19.7 Å². The van der Waals surface area contributed by atoms with Crippen LogP contribution in [0.25, 0.3) is 0 Å². The summed E-state index contributed by atoms with van der Waals surface area (Å²) >= 11 is 0. The number of benzene rings is 2. The first-order valence-electron chi connectivity index (χ1n) is 11.7. The molecule has 9 nitrogen and oxygen atoms in total. The van der Waals surface area contributed by atoms with Gasteiger partial charge in [-0.05, 0) is 49.1 Å². The average Bonchev–Trinajstić information content (AvgIpc) is 3.12. The summed E-state index contributed by atoms with van der Waals surface area (Å²) in [7, 11) is -2.17. The second kappa shape index (κ2) is 10.1. The van der Waals surface area contributed by atoms with Crippen molar-refractivity contribution in [1.29, 1.82) is 0 Å². The van der Waals surface area contributed by atoms with Crippen molar-refractivity contribution in [3.05, 3.63) is 48.0 Å². The molecule has 1 fully saturated rings. The van der Waals surface area contributed by atoms with Crippen LogP contribution in [0.4, 0.5) is 11.4 Å². The normalized spacial score (nSPS) is 19.6. The highest BCUT2D eigenvalue weighted by atomic mass is 32.2. The number of ether oxygens (including phenoxy) is 1. The van der Waals surface area contributed by atoms with Crippen molar-refractivity contribution in [2.45, 2.75) is 50.5 Å². The van der Waals surface area contributed by atoms with E-state index < -0.39 is 16.1 Å². The number of carbonyl (C=O) groups is 2. The number of fused-ring (bicyclic) bond motifs is 1. The zero-order valence-electron chi connectivity index (χ0n) is 20.1. The third kappa shape index (κ3) is 5.02. The van der Waals surface area contributed by atoms with Crippen molar-refractivity contribution in [3.63, 3.8) is 0 Å². The number of nitrogens with one attached hydrogen (secondary N) is 2. The topological polar surface area (TPSA) is 117 Å². The number of anilines is 2. The molecule has 0 bridgehead atoms. The van der Waals surface area contributed by atoms with E-state index in [2.05, 4.69) is 15.0 Å². The molecule has 4 rings (SSSR count). The highest BCUT2D eigenvalue weighted by Crippen LogP contribution is 2.34. The van der Waals surface area contributed by atoms with E-state index in [1.165, 1.54) is 6.07 Å². The van der Waals surface area contributed by atoms with Crippen LogP contribution >= 0.6 is 0 Å². The quantitative estimate of drug-likeness (QED) is 0.607. The monoisotopic (exact) mass is 498 g/mol. The lowest BCUT2D eigenvalue weighted by Crippen LogP contribution is -2.36. The predicted molar refractivity (Wildman–Crippen MR) is 134 cm³/mol. The molecule has 186 valence electrons. The van der Waals surface area contributed by atoms with Gasteiger partial charge in [-0.1, -0.05) is 32.4 Å². The van der Waals surface area contributed by atoms with Crippen LogP contribution in [0.5, 0.6) is 5.75 Å². The van der Waals surface area contributed by atoms with Gasteiger partial charge in [0.2, 0.25) is 11.8 Å². The lowest BCUT2D eigenvalue weighted by atomic mass is 9.98. The highest BCUT2D eigenvalue weighted by Gasteiger charge is 2.33. The zero-order valence-corrected chi connectivity index (χ0v) is 20.9. The first-order chi connectivity index (χ1) is 16.7. The second-order valence-corrected chi connectivity index (χ2v) is 10.4. The maximum Gasteiger partial charge on any atom is 0.263 e. The molecule has 2 N–H and O–H groups in total. The smallest absolute Gasteiger partial charge is 0.263 e. The summed E-state index contributed by atoms with van der Waals surface area (Å²) < 4.78 is 32.9. The molecule has 1 saturated heterocycles. The van der Waals surface area contributed by atoms with Crippen LogP contribution in [0.2, 0.25) is 0 Å². The number of amides is 2. The van der Waals surface area contributed by atoms with Gasteiger partial charge in [0, 0.05) is 24.2 Å². The first-order valence-corrected chi connectivity index (χ1v) is 13.2. The van der Waals surface area contributed by atoms with E-state index in [0.717, 1.165) is 12.8 Å². The Balaban J connectivity index is 1.64. The summed E-state index contributed by atoms with van der Waals surface area (Å²) in [6.07, 6.45) is 2.90. The van der Waals surface area contributed by atoms with Crippen LogP contribution in [0, 0.1) is 5.92 Å². The Hall–Kier alpha value is -3.40. The van der Waals surface area contributed by atoms with Crippen LogP contribution in [-0.2, 0) is 19.6 Å². The summed E-state index contributed by atoms with van der Waals surface area (Å²) in [4.78, 5) is 32.3. The van der Waals surface area contributed by atoms with E-state index in [4.69, 9.17) is 4.74 Å². The van der Waals surface area contributed by atoms with Gasteiger partial charge in [0.1, 0.15) is 17.6 Å². The van der Waals surface area contributed by atoms with Gasteiger partial charge in [-0.25, -0.2) is 8.42 Å². The van der Waals surface area contributed by atoms with Gasteiger partial charge >= 0.3 is 0 Å². The Morgan fingerprint density at radius 2 is 2.00 bits per heavy atom. The van der Waals surface area contributed by atoms with E-state index >= 15 is 0 Å². The molecule has 0 unspecified atom stereocenters. The number of rotatable bonds is 7. The summed E-state index contributed by atoms with van der Waals surface area (Å²) in [5, 5.41) is 2.90. The fraction of sp³-hybridized carbons (Fsp3) is 0.400. The summed E-state index contributed by atoms with van der Waals surface area (Å²) in [5.41, 5.74) is 1.56. The number of hydrogen-bond acceptors (Lipinski definition) is 6. The molecular weight excluding hydrogens is 468 g/mol. The molecule has 0 aromatic heterocycles. The molecule has 2 aliphatic rings. The Morgan fingerprint density at radius 1 is 1.23 bits per heavy atom. The molecule has 2 heterocycles. The van der Waals surface area contributed by atoms with Gasteiger partial charge < -0.3 is 15.0 Å². The fourth-order valence-electron chi connectivity index (χ4n) is 4.29. The molecule has 0 saturated carbocycles. The zero-order chi connectivity index (χ0) is 25.2. The maximum atomic E-state index is 13.4. The van der Waals surface area contributed by atoms with Crippen molar-refractivity contribution in [1.82, 2.24) is 4.72 Å². The lowest BCUT2D eigenvalue weighted by molar-refractivity contribution is -0.119. The van der Waals surface area contributed by atoms with Crippen molar-refractivity contribution in [2.24, 2.45) is 10.9 Å². The third-order valence-corrected chi connectivity index (χ3v) is 7.84. The number of hydrogen-bond donors (Lipinski definition) is 2. The van der Waals surface area contributed by atoms with Crippen LogP contribution in [0.15, 0.2) is 52.4 Å². The molecule has 10 heteroatoms. The van der Waals surface area contributed by atoms with Crippen molar-refractivity contribution >= 4 is 39.0 Å². The lowest BCUT2D eigenvalue weighted by Gasteiger charge is -2.28. The summed E-state index contributed by atoms with van der Waals surface area (Å²) in [6.45, 7) is 4.44. The Bertz CT molecular complexity index is 1270. The fourth-order valence-corrected chi connectivity index (χ4v) is 5.53. The predicted octanol–water partition coefficient (Wildman–Crippen LogP) is 3.30. The number of aliphatic imine (C=N–C) groups is 1. The van der Waals surface area contributed by atoms with Crippen LogP contribution in [0.3, 0.4) is 0 Å². The van der Waals surface area contributed by atoms with Crippen molar-refractivity contribution in [2.75, 3.05) is 23.9 Å². The molecule has 35 heavy (non-hydrogen) atoms. The van der Waals surface area contributed by atoms with Gasteiger partial charge in [-0.15, -0.1) is 0 Å².